The fourth-order valence-electron chi connectivity index (χ4n) is 4.28. The second-order valence-corrected chi connectivity index (χ2v) is 8.46. The van der Waals surface area contributed by atoms with Crippen LogP contribution in [-0.2, 0) is 0 Å². The van der Waals surface area contributed by atoms with Crippen LogP contribution in [0.15, 0.2) is 67.0 Å². The number of pyridine rings is 1. The van der Waals surface area contributed by atoms with E-state index in [-0.39, 0.29) is 5.91 Å². The number of hydrogen-bond donors (Lipinski definition) is 1. The number of aromatic nitrogens is 3. The Kier molecular flexibility index (Phi) is 6.43. The molecule has 8 nitrogen and oxygen atoms in total. The van der Waals surface area contributed by atoms with E-state index in [2.05, 4.69) is 38.1 Å². The molecule has 35 heavy (non-hydrogen) atoms. The normalized spacial score (nSPS) is 13.7. The van der Waals surface area contributed by atoms with E-state index < -0.39 is 0 Å². The van der Waals surface area contributed by atoms with Crippen LogP contribution in [0.4, 0.5) is 17.5 Å². The van der Waals surface area contributed by atoms with Crippen LogP contribution in [0, 0.1) is 6.92 Å². The van der Waals surface area contributed by atoms with Crippen molar-refractivity contribution in [3.05, 3.63) is 78.1 Å². The van der Waals surface area contributed by atoms with Gasteiger partial charge in [-0.05, 0) is 74.0 Å². The Bertz CT molecular complexity index is 1320. The van der Waals surface area contributed by atoms with Crippen LogP contribution in [0.1, 0.15) is 22.8 Å². The second kappa shape index (κ2) is 9.97. The van der Waals surface area contributed by atoms with Crippen molar-refractivity contribution in [3.8, 4) is 5.75 Å². The third-order valence-corrected chi connectivity index (χ3v) is 6.13. The van der Waals surface area contributed by atoms with Crippen molar-refractivity contribution in [2.75, 3.05) is 47.9 Å². The lowest BCUT2D eigenvalue weighted by Gasteiger charge is -2.35. The van der Waals surface area contributed by atoms with Crippen molar-refractivity contribution in [3.63, 3.8) is 0 Å². The average Bonchev–Trinajstić information content (AvgIpc) is 2.90. The number of aryl methyl sites for hydroxylation is 1. The summed E-state index contributed by atoms with van der Waals surface area (Å²) < 4.78 is 5.45. The SMILES string of the molecule is CCOc1ccc(C(=O)Nc2ccc3nc(N4CCN(c5ncccn5)CC4)cc(C)c3c2)cc1. The van der Waals surface area contributed by atoms with E-state index in [0.717, 1.165) is 65.8 Å². The highest BCUT2D eigenvalue weighted by Crippen LogP contribution is 2.27. The summed E-state index contributed by atoms with van der Waals surface area (Å²) in [5, 5.41) is 4.01. The molecule has 0 aliphatic carbocycles. The van der Waals surface area contributed by atoms with Crippen LogP contribution in [0.25, 0.3) is 10.9 Å². The summed E-state index contributed by atoms with van der Waals surface area (Å²) in [6.45, 7) is 8.01. The first-order chi connectivity index (χ1) is 17.1. The molecule has 2 aromatic carbocycles. The van der Waals surface area contributed by atoms with Gasteiger partial charge in [-0.25, -0.2) is 15.0 Å². The number of ether oxygens (including phenoxy) is 1. The number of benzene rings is 2. The number of anilines is 3. The lowest BCUT2D eigenvalue weighted by Crippen LogP contribution is -2.47. The van der Waals surface area contributed by atoms with Crippen LogP contribution in [0.3, 0.4) is 0 Å². The molecule has 1 fully saturated rings. The molecule has 1 aliphatic heterocycles. The molecule has 0 saturated carbocycles. The number of fused-ring (bicyclic) bond motifs is 1. The fraction of sp³-hybridized carbons (Fsp3) is 0.259. The standard InChI is InChI=1S/C27H28N6O2/c1-3-35-22-8-5-20(6-9-22)26(34)30-21-7-10-24-23(18-21)19(2)17-25(31-24)32-13-15-33(16-14-32)27-28-11-4-12-29-27/h4-12,17-18H,3,13-16H2,1-2H3,(H,30,34). The van der Waals surface area contributed by atoms with E-state index >= 15 is 0 Å². The second-order valence-electron chi connectivity index (χ2n) is 8.46. The van der Waals surface area contributed by atoms with Gasteiger partial charge in [0, 0.05) is 55.2 Å². The maximum Gasteiger partial charge on any atom is 0.255 e. The molecule has 0 unspecified atom stereocenters. The Labute approximate surface area is 204 Å². The van der Waals surface area contributed by atoms with E-state index in [9.17, 15) is 4.79 Å². The molecule has 0 radical (unpaired) electrons. The first kappa shape index (κ1) is 22.6. The zero-order valence-corrected chi connectivity index (χ0v) is 19.9. The number of nitrogens with one attached hydrogen (secondary N) is 1. The van der Waals surface area contributed by atoms with Gasteiger partial charge in [-0.2, -0.15) is 0 Å². The minimum atomic E-state index is -0.158. The molecule has 0 bridgehead atoms. The van der Waals surface area contributed by atoms with Gasteiger partial charge in [-0.15, -0.1) is 0 Å². The number of amides is 1. The van der Waals surface area contributed by atoms with Crippen LogP contribution in [0.5, 0.6) is 5.75 Å². The van der Waals surface area contributed by atoms with E-state index in [1.165, 1.54) is 0 Å². The smallest absolute Gasteiger partial charge is 0.255 e. The largest absolute Gasteiger partial charge is 0.494 e. The van der Waals surface area contributed by atoms with Gasteiger partial charge in [0.2, 0.25) is 5.95 Å². The van der Waals surface area contributed by atoms with E-state index in [4.69, 9.17) is 9.72 Å². The van der Waals surface area contributed by atoms with Crippen LogP contribution in [-0.4, -0.2) is 53.6 Å². The van der Waals surface area contributed by atoms with Gasteiger partial charge in [-0.3, -0.25) is 4.79 Å². The van der Waals surface area contributed by atoms with Crippen molar-refractivity contribution in [2.45, 2.75) is 13.8 Å². The van der Waals surface area contributed by atoms with Crippen molar-refractivity contribution in [1.29, 1.82) is 0 Å². The third kappa shape index (κ3) is 5.01. The Hall–Kier alpha value is -4.20. The molecule has 4 aromatic rings. The lowest BCUT2D eigenvalue weighted by atomic mass is 10.1. The van der Waals surface area contributed by atoms with Gasteiger partial charge < -0.3 is 19.9 Å². The molecule has 3 heterocycles. The summed E-state index contributed by atoms with van der Waals surface area (Å²) in [4.78, 5) is 30.8. The van der Waals surface area contributed by atoms with Crippen molar-refractivity contribution in [1.82, 2.24) is 15.0 Å². The first-order valence-corrected chi connectivity index (χ1v) is 11.8. The number of rotatable bonds is 6. The Morgan fingerprint density at radius 3 is 2.40 bits per heavy atom. The van der Waals surface area contributed by atoms with Gasteiger partial charge in [0.1, 0.15) is 11.6 Å². The number of carbonyl (C=O) groups is 1. The number of hydrogen-bond acceptors (Lipinski definition) is 7. The molecular formula is C27H28N6O2. The summed E-state index contributed by atoms with van der Waals surface area (Å²) in [6.07, 6.45) is 3.55. The summed E-state index contributed by atoms with van der Waals surface area (Å²) in [5.74, 6) is 2.33. The quantitative estimate of drug-likeness (QED) is 0.451. The molecule has 178 valence electrons. The van der Waals surface area contributed by atoms with Crippen molar-refractivity contribution in [2.24, 2.45) is 0 Å². The Morgan fingerprint density at radius 2 is 1.69 bits per heavy atom. The Balaban J connectivity index is 1.28. The Morgan fingerprint density at radius 1 is 0.971 bits per heavy atom. The topological polar surface area (TPSA) is 83.5 Å². The molecule has 1 aliphatic rings. The third-order valence-electron chi connectivity index (χ3n) is 6.13. The van der Waals surface area contributed by atoms with Gasteiger partial charge in [0.25, 0.3) is 5.91 Å². The van der Waals surface area contributed by atoms with Gasteiger partial charge in [0.05, 0.1) is 12.1 Å². The van der Waals surface area contributed by atoms with E-state index in [1.807, 2.05) is 31.2 Å². The van der Waals surface area contributed by atoms with Crippen LogP contribution < -0.4 is 19.9 Å². The van der Waals surface area contributed by atoms with Crippen molar-refractivity contribution >= 4 is 34.3 Å². The molecule has 5 rings (SSSR count). The highest BCUT2D eigenvalue weighted by molar-refractivity contribution is 6.05. The zero-order valence-electron chi connectivity index (χ0n) is 19.9. The molecule has 1 N–H and O–H groups in total. The van der Waals surface area contributed by atoms with Gasteiger partial charge in [-0.1, -0.05) is 0 Å². The first-order valence-electron chi connectivity index (χ1n) is 11.8. The lowest BCUT2D eigenvalue weighted by molar-refractivity contribution is 0.102. The van der Waals surface area contributed by atoms with E-state index in [1.54, 1.807) is 36.7 Å². The minimum Gasteiger partial charge on any atom is -0.494 e. The predicted octanol–water partition coefficient (Wildman–Crippen LogP) is 4.31. The van der Waals surface area contributed by atoms with Crippen LogP contribution in [0.2, 0.25) is 0 Å². The van der Waals surface area contributed by atoms with Gasteiger partial charge >= 0.3 is 0 Å². The maximum atomic E-state index is 12.7. The highest BCUT2D eigenvalue weighted by atomic mass is 16.5. The van der Waals surface area contributed by atoms with Crippen LogP contribution >= 0.6 is 0 Å². The molecule has 1 saturated heterocycles. The summed E-state index contributed by atoms with van der Waals surface area (Å²) in [5.41, 5.74) is 3.35. The number of nitrogens with zero attached hydrogens (tertiary/aromatic N) is 5. The predicted molar refractivity (Wildman–Crippen MR) is 139 cm³/mol. The highest BCUT2D eigenvalue weighted by Gasteiger charge is 2.20. The average molecular weight is 469 g/mol. The molecule has 1 amide bonds. The monoisotopic (exact) mass is 468 g/mol. The maximum absolute atomic E-state index is 12.7. The number of piperazine rings is 1. The number of carbonyl (C=O) groups excluding carboxylic acids is 1. The summed E-state index contributed by atoms with van der Waals surface area (Å²) >= 11 is 0. The summed E-state index contributed by atoms with van der Waals surface area (Å²) in [7, 11) is 0. The summed E-state index contributed by atoms with van der Waals surface area (Å²) in [6, 6.07) is 17.0. The molecular weight excluding hydrogens is 440 g/mol. The molecule has 0 spiro atoms. The van der Waals surface area contributed by atoms with E-state index in [0.29, 0.717) is 12.2 Å². The zero-order chi connectivity index (χ0) is 24.2. The molecule has 8 heteroatoms. The van der Waals surface area contributed by atoms with Crippen molar-refractivity contribution < 1.29 is 9.53 Å². The molecule has 2 aromatic heterocycles. The van der Waals surface area contributed by atoms with Gasteiger partial charge in [0.15, 0.2) is 0 Å². The minimum absolute atomic E-state index is 0.158. The molecule has 0 atom stereocenters. The fourth-order valence-corrected chi connectivity index (χ4v) is 4.28.